The molecule has 2 aliphatic rings. The molecule has 0 bridgehead atoms. The molecule has 1 aromatic rings. The van der Waals surface area contributed by atoms with Crippen molar-refractivity contribution in [1.29, 1.82) is 0 Å². The summed E-state index contributed by atoms with van der Waals surface area (Å²) >= 11 is 17.8. The van der Waals surface area contributed by atoms with Crippen molar-refractivity contribution in [1.82, 2.24) is 9.21 Å². The van der Waals surface area contributed by atoms with Gasteiger partial charge >= 0.3 is 0 Å². The molecule has 23 heavy (non-hydrogen) atoms. The zero-order chi connectivity index (χ0) is 16.8. The molecule has 1 saturated heterocycles. The molecule has 9 heteroatoms. The van der Waals surface area contributed by atoms with Gasteiger partial charge in [0.2, 0.25) is 15.9 Å². The third-order valence-electron chi connectivity index (χ3n) is 4.13. The lowest BCUT2D eigenvalue weighted by Gasteiger charge is -2.34. The fourth-order valence-corrected chi connectivity index (χ4v) is 5.05. The first-order valence-corrected chi connectivity index (χ1v) is 9.72. The highest BCUT2D eigenvalue weighted by atomic mass is 35.5. The molecule has 0 radical (unpaired) electrons. The van der Waals surface area contributed by atoms with Crippen LogP contribution in [0, 0.1) is 5.92 Å². The Hall–Kier alpha value is -0.530. The number of alkyl halides is 2. The normalized spacial score (nSPS) is 24.5. The summed E-state index contributed by atoms with van der Waals surface area (Å²) in [6.45, 7) is 1.10. The van der Waals surface area contributed by atoms with Crippen molar-refractivity contribution in [3.05, 3.63) is 29.3 Å². The zero-order valence-electron chi connectivity index (χ0n) is 12.1. The number of piperazine rings is 1. The van der Waals surface area contributed by atoms with Crippen molar-refractivity contribution in [2.45, 2.75) is 15.6 Å². The number of hydrogen-bond acceptors (Lipinski definition) is 3. The van der Waals surface area contributed by atoms with E-state index in [2.05, 4.69) is 0 Å². The topological polar surface area (TPSA) is 57.7 Å². The Morgan fingerprint density at radius 3 is 2.22 bits per heavy atom. The van der Waals surface area contributed by atoms with E-state index in [1.807, 2.05) is 0 Å². The van der Waals surface area contributed by atoms with Crippen molar-refractivity contribution < 1.29 is 13.2 Å². The number of carbonyl (C=O) groups is 1. The molecule has 1 amide bonds. The molecule has 1 aliphatic heterocycles. The van der Waals surface area contributed by atoms with Crippen molar-refractivity contribution in [2.75, 3.05) is 26.2 Å². The van der Waals surface area contributed by atoms with Crippen LogP contribution in [0.15, 0.2) is 29.2 Å². The molecule has 1 saturated carbocycles. The van der Waals surface area contributed by atoms with Gasteiger partial charge in [-0.15, -0.1) is 23.2 Å². The highest BCUT2D eigenvalue weighted by Crippen LogP contribution is 2.54. The van der Waals surface area contributed by atoms with Crippen molar-refractivity contribution >= 4 is 50.7 Å². The van der Waals surface area contributed by atoms with Crippen LogP contribution in [0.1, 0.15) is 6.42 Å². The molecule has 1 unspecified atom stereocenters. The average molecular weight is 398 g/mol. The first kappa shape index (κ1) is 17.3. The lowest BCUT2D eigenvalue weighted by Crippen LogP contribution is -2.51. The van der Waals surface area contributed by atoms with Crippen LogP contribution in [0.5, 0.6) is 0 Å². The van der Waals surface area contributed by atoms with Crippen molar-refractivity contribution in [3.8, 4) is 0 Å². The van der Waals surface area contributed by atoms with Gasteiger partial charge in [-0.1, -0.05) is 23.7 Å². The largest absolute Gasteiger partial charge is 0.340 e. The van der Waals surface area contributed by atoms with Gasteiger partial charge in [-0.3, -0.25) is 4.79 Å². The second-order valence-corrected chi connectivity index (χ2v) is 9.53. The van der Waals surface area contributed by atoms with Gasteiger partial charge in [-0.25, -0.2) is 8.42 Å². The third kappa shape index (κ3) is 3.33. The molecule has 0 N–H and O–H groups in total. The Morgan fingerprint density at radius 1 is 1.13 bits per heavy atom. The number of carbonyl (C=O) groups excluding carboxylic acids is 1. The second-order valence-electron chi connectivity index (χ2n) is 5.68. The molecule has 0 spiro atoms. The smallest absolute Gasteiger partial charge is 0.244 e. The van der Waals surface area contributed by atoms with Crippen molar-refractivity contribution in [3.63, 3.8) is 0 Å². The molecular weight excluding hydrogens is 383 g/mol. The molecule has 3 rings (SSSR count). The molecule has 1 atom stereocenters. The van der Waals surface area contributed by atoms with Gasteiger partial charge in [0, 0.05) is 26.2 Å². The number of amides is 1. The molecular formula is C14H15Cl3N2O3S. The summed E-state index contributed by atoms with van der Waals surface area (Å²) in [5.41, 5.74) is 0. The summed E-state index contributed by atoms with van der Waals surface area (Å²) in [5, 5.41) is 0.193. The summed E-state index contributed by atoms with van der Waals surface area (Å²) in [5.74, 6) is -0.484. The summed E-state index contributed by atoms with van der Waals surface area (Å²) < 4.78 is 25.6. The van der Waals surface area contributed by atoms with Gasteiger partial charge in [-0.05, 0) is 18.6 Å². The van der Waals surface area contributed by atoms with E-state index in [4.69, 9.17) is 34.8 Å². The van der Waals surface area contributed by atoms with Gasteiger partial charge in [0.15, 0.2) is 0 Å². The van der Waals surface area contributed by atoms with Gasteiger partial charge in [0.05, 0.1) is 10.9 Å². The van der Waals surface area contributed by atoms with E-state index < -0.39 is 14.4 Å². The molecule has 126 valence electrons. The highest BCUT2D eigenvalue weighted by molar-refractivity contribution is 7.89. The van der Waals surface area contributed by atoms with E-state index in [0.717, 1.165) is 0 Å². The maximum absolute atomic E-state index is 12.6. The fourth-order valence-electron chi connectivity index (χ4n) is 2.64. The van der Waals surface area contributed by atoms with Crippen LogP contribution >= 0.6 is 34.8 Å². The minimum absolute atomic E-state index is 0.0872. The van der Waals surface area contributed by atoms with E-state index in [0.29, 0.717) is 19.5 Å². The van der Waals surface area contributed by atoms with Crippen LogP contribution in [0.3, 0.4) is 0 Å². The SMILES string of the molecule is O=C(C1CC1(Cl)Cl)N1CCN(S(=O)(=O)c2ccccc2Cl)CC1. The third-order valence-corrected chi connectivity index (χ3v) is 7.36. The average Bonchev–Trinajstić information content (AvgIpc) is 3.15. The van der Waals surface area contributed by atoms with Crippen LogP contribution in [-0.4, -0.2) is 54.0 Å². The maximum Gasteiger partial charge on any atom is 0.244 e. The maximum atomic E-state index is 12.6. The standard InChI is InChI=1S/C14H15Cl3N2O3S/c15-11-3-1-2-4-12(11)23(21,22)19-7-5-18(6-8-19)13(20)10-9-14(10,16)17/h1-4,10H,5-9H2. The summed E-state index contributed by atoms with van der Waals surface area (Å²) in [4.78, 5) is 13.9. The highest BCUT2D eigenvalue weighted by Gasteiger charge is 2.57. The van der Waals surface area contributed by atoms with E-state index in [-0.39, 0.29) is 34.8 Å². The lowest BCUT2D eigenvalue weighted by atomic mass is 10.3. The Balaban J connectivity index is 1.67. The Labute approximate surface area is 150 Å². The van der Waals surface area contributed by atoms with Gasteiger partial charge < -0.3 is 4.90 Å². The number of benzene rings is 1. The Kier molecular flexibility index (Phi) is 4.57. The number of hydrogen-bond donors (Lipinski definition) is 0. The molecule has 1 heterocycles. The number of nitrogens with zero attached hydrogens (tertiary/aromatic N) is 2. The van der Waals surface area contributed by atoms with Gasteiger partial charge in [0.1, 0.15) is 9.23 Å². The monoisotopic (exact) mass is 396 g/mol. The van der Waals surface area contributed by atoms with E-state index in [9.17, 15) is 13.2 Å². The van der Waals surface area contributed by atoms with E-state index in [1.54, 1.807) is 23.1 Å². The van der Waals surface area contributed by atoms with E-state index >= 15 is 0 Å². The number of rotatable bonds is 3. The first-order valence-electron chi connectivity index (χ1n) is 7.15. The molecule has 0 aromatic heterocycles. The van der Waals surface area contributed by atoms with Gasteiger partial charge in [0.25, 0.3) is 0 Å². The molecule has 5 nitrogen and oxygen atoms in total. The molecule has 1 aromatic carbocycles. The van der Waals surface area contributed by atoms with Gasteiger partial charge in [-0.2, -0.15) is 4.31 Å². The van der Waals surface area contributed by atoms with Crippen LogP contribution < -0.4 is 0 Å². The summed E-state index contributed by atoms with van der Waals surface area (Å²) in [7, 11) is -3.66. The van der Waals surface area contributed by atoms with Crippen LogP contribution in [0.2, 0.25) is 5.02 Å². The minimum Gasteiger partial charge on any atom is -0.340 e. The Bertz CT molecular complexity index is 731. The molecule has 1 aliphatic carbocycles. The number of halogens is 3. The quantitative estimate of drug-likeness (QED) is 0.736. The van der Waals surface area contributed by atoms with Crippen molar-refractivity contribution in [2.24, 2.45) is 5.92 Å². The second kappa shape index (κ2) is 6.08. The molecule has 2 fully saturated rings. The summed E-state index contributed by atoms with van der Waals surface area (Å²) in [6, 6.07) is 6.33. The summed E-state index contributed by atoms with van der Waals surface area (Å²) in [6.07, 6.45) is 0.451. The van der Waals surface area contributed by atoms with Crippen LogP contribution in [-0.2, 0) is 14.8 Å². The predicted octanol–water partition coefficient (Wildman–Crippen LogP) is 2.37. The number of sulfonamides is 1. The van der Waals surface area contributed by atoms with E-state index in [1.165, 1.54) is 10.4 Å². The zero-order valence-corrected chi connectivity index (χ0v) is 15.2. The minimum atomic E-state index is -3.66. The predicted molar refractivity (Wildman–Crippen MR) is 89.3 cm³/mol. The lowest BCUT2D eigenvalue weighted by molar-refractivity contribution is -0.133. The first-order chi connectivity index (χ1) is 10.7. The Morgan fingerprint density at radius 2 is 1.70 bits per heavy atom. The van der Waals surface area contributed by atoms with Crippen LogP contribution in [0.25, 0.3) is 0 Å². The van der Waals surface area contributed by atoms with Crippen LogP contribution in [0.4, 0.5) is 0 Å². The fraction of sp³-hybridized carbons (Fsp3) is 0.500.